The number of carbonyl (C=O) groups excluding carboxylic acids is 1. The molecule has 1 amide bonds. The fraction of sp³-hybridized carbons (Fsp3) is 0.278. The van der Waals surface area contributed by atoms with Gasteiger partial charge in [-0.1, -0.05) is 37.3 Å². The molecule has 0 radical (unpaired) electrons. The number of amides is 1. The standard InChI is InChI=1S/C18H21NO3/c1-3-14-7-6-9-16(11-14)22-13-18(20)19-12-15-8-4-5-10-17(15)21-2/h4-11H,3,12-13H2,1-2H3,(H,19,20). The van der Waals surface area contributed by atoms with Gasteiger partial charge in [-0.05, 0) is 30.2 Å². The largest absolute Gasteiger partial charge is 0.496 e. The fourth-order valence-corrected chi connectivity index (χ4v) is 2.10. The van der Waals surface area contributed by atoms with Crippen LogP contribution in [0.15, 0.2) is 48.5 Å². The molecule has 0 aliphatic rings. The lowest BCUT2D eigenvalue weighted by Gasteiger charge is -2.10. The highest BCUT2D eigenvalue weighted by Gasteiger charge is 2.06. The van der Waals surface area contributed by atoms with Crippen LogP contribution < -0.4 is 14.8 Å². The van der Waals surface area contributed by atoms with Gasteiger partial charge in [0.1, 0.15) is 11.5 Å². The summed E-state index contributed by atoms with van der Waals surface area (Å²) in [6.07, 6.45) is 0.942. The van der Waals surface area contributed by atoms with E-state index in [1.54, 1.807) is 7.11 Å². The number of hydrogen-bond donors (Lipinski definition) is 1. The lowest BCUT2D eigenvalue weighted by molar-refractivity contribution is -0.123. The van der Waals surface area contributed by atoms with Crippen molar-refractivity contribution in [2.45, 2.75) is 19.9 Å². The lowest BCUT2D eigenvalue weighted by Crippen LogP contribution is -2.28. The lowest BCUT2D eigenvalue weighted by atomic mass is 10.2. The van der Waals surface area contributed by atoms with Crippen molar-refractivity contribution in [3.8, 4) is 11.5 Å². The van der Waals surface area contributed by atoms with E-state index in [0.29, 0.717) is 12.3 Å². The molecule has 22 heavy (non-hydrogen) atoms. The van der Waals surface area contributed by atoms with Gasteiger partial charge < -0.3 is 14.8 Å². The Kier molecular flexibility index (Phi) is 5.83. The average molecular weight is 299 g/mol. The number of aryl methyl sites for hydroxylation is 1. The third kappa shape index (κ3) is 4.52. The van der Waals surface area contributed by atoms with Crippen LogP contribution in [0.3, 0.4) is 0 Å². The molecule has 2 aromatic rings. The van der Waals surface area contributed by atoms with Gasteiger partial charge >= 0.3 is 0 Å². The minimum Gasteiger partial charge on any atom is -0.496 e. The summed E-state index contributed by atoms with van der Waals surface area (Å²) in [5.41, 5.74) is 2.12. The zero-order valence-corrected chi connectivity index (χ0v) is 13.0. The summed E-state index contributed by atoms with van der Waals surface area (Å²) in [6, 6.07) is 15.4. The van der Waals surface area contributed by atoms with Crippen molar-refractivity contribution in [1.29, 1.82) is 0 Å². The summed E-state index contributed by atoms with van der Waals surface area (Å²) in [4.78, 5) is 11.9. The van der Waals surface area contributed by atoms with Crippen LogP contribution in [0.4, 0.5) is 0 Å². The quantitative estimate of drug-likeness (QED) is 0.855. The number of para-hydroxylation sites is 1. The van der Waals surface area contributed by atoms with Gasteiger partial charge in [0.15, 0.2) is 6.61 Å². The third-order valence-corrected chi connectivity index (χ3v) is 3.35. The molecule has 2 rings (SSSR count). The van der Waals surface area contributed by atoms with E-state index in [1.165, 1.54) is 5.56 Å². The molecule has 4 heteroatoms. The molecule has 0 heterocycles. The van der Waals surface area contributed by atoms with Gasteiger partial charge in [-0.25, -0.2) is 0 Å². The van der Waals surface area contributed by atoms with Crippen molar-refractivity contribution >= 4 is 5.91 Å². The molecule has 0 saturated carbocycles. The van der Waals surface area contributed by atoms with Crippen molar-refractivity contribution < 1.29 is 14.3 Å². The minimum atomic E-state index is -0.159. The molecular formula is C18H21NO3. The SMILES string of the molecule is CCc1cccc(OCC(=O)NCc2ccccc2OC)c1. The smallest absolute Gasteiger partial charge is 0.258 e. The van der Waals surface area contributed by atoms with Crippen molar-refractivity contribution in [2.75, 3.05) is 13.7 Å². The first-order valence-corrected chi connectivity index (χ1v) is 7.33. The van der Waals surface area contributed by atoms with Crippen LogP contribution >= 0.6 is 0 Å². The highest BCUT2D eigenvalue weighted by Crippen LogP contribution is 2.17. The molecule has 0 atom stereocenters. The number of ether oxygens (including phenoxy) is 2. The topological polar surface area (TPSA) is 47.6 Å². The Morgan fingerprint density at radius 3 is 2.73 bits per heavy atom. The normalized spacial score (nSPS) is 10.1. The Morgan fingerprint density at radius 2 is 1.95 bits per heavy atom. The van der Waals surface area contributed by atoms with Crippen LogP contribution in [0.1, 0.15) is 18.1 Å². The van der Waals surface area contributed by atoms with E-state index < -0.39 is 0 Å². The Morgan fingerprint density at radius 1 is 1.14 bits per heavy atom. The van der Waals surface area contributed by atoms with Gasteiger partial charge in [-0.15, -0.1) is 0 Å². The predicted octanol–water partition coefficient (Wildman–Crippen LogP) is 2.95. The zero-order chi connectivity index (χ0) is 15.8. The Balaban J connectivity index is 1.83. The van der Waals surface area contributed by atoms with E-state index in [-0.39, 0.29) is 12.5 Å². The molecule has 2 aromatic carbocycles. The van der Waals surface area contributed by atoms with Crippen molar-refractivity contribution in [2.24, 2.45) is 0 Å². The molecule has 1 N–H and O–H groups in total. The minimum absolute atomic E-state index is 0.00230. The van der Waals surface area contributed by atoms with E-state index in [1.807, 2.05) is 48.5 Å². The van der Waals surface area contributed by atoms with E-state index in [0.717, 1.165) is 17.7 Å². The van der Waals surface area contributed by atoms with Gasteiger partial charge in [0, 0.05) is 12.1 Å². The molecule has 116 valence electrons. The van der Waals surface area contributed by atoms with Crippen molar-refractivity contribution in [3.05, 3.63) is 59.7 Å². The van der Waals surface area contributed by atoms with Crippen LogP contribution in [0.2, 0.25) is 0 Å². The van der Waals surface area contributed by atoms with Crippen LogP contribution in [-0.2, 0) is 17.8 Å². The second kappa shape index (κ2) is 8.08. The summed E-state index contributed by atoms with van der Waals surface area (Å²) in [6.45, 7) is 2.50. The summed E-state index contributed by atoms with van der Waals surface area (Å²) >= 11 is 0. The Labute approximate surface area is 131 Å². The van der Waals surface area contributed by atoms with Crippen LogP contribution in [0.25, 0.3) is 0 Å². The second-order valence-electron chi connectivity index (χ2n) is 4.88. The van der Waals surface area contributed by atoms with Gasteiger partial charge in [0.2, 0.25) is 0 Å². The second-order valence-corrected chi connectivity index (χ2v) is 4.88. The summed E-state index contributed by atoms with van der Waals surface area (Å²) in [7, 11) is 1.62. The molecule has 0 aliphatic heterocycles. The highest BCUT2D eigenvalue weighted by molar-refractivity contribution is 5.77. The monoisotopic (exact) mass is 299 g/mol. The molecular weight excluding hydrogens is 278 g/mol. The van der Waals surface area contributed by atoms with E-state index in [2.05, 4.69) is 12.2 Å². The molecule has 4 nitrogen and oxygen atoms in total. The number of carbonyl (C=O) groups is 1. The molecule has 0 saturated heterocycles. The molecule has 0 bridgehead atoms. The Hall–Kier alpha value is -2.49. The number of rotatable bonds is 7. The zero-order valence-electron chi connectivity index (χ0n) is 13.0. The Bertz CT molecular complexity index is 625. The molecule has 0 aromatic heterocycles. The van der Waals surface area contributed by atoms with Crippen LogP contribution in [0.5, 0.6) is 11.5 Å². The van der Waals surface area contributed by atoms with Crippen LogP contribution in [0, 0.1) is 0 Å². The maximum absolute atomic E-state index is 11.9. The summed E-state index contributed by atoms with van der Waals surface area (Å²) in [5.74, 6) is 1.32. The average Bonchev–Trinajstić information content (AvgIpc) is 2.58. The summed E-state index contributed by atoms with van der Waals surface area (Å²) < 4.78 is 10.8. The predicted molar refractivity (Wildman–Crippen MR) is 86.2 cm³/mol. The van der Waals surface area contributed by atoms with E-state index in [4.69, 9.17) is 9.47 Å². The molecule has 0 aliphatic carbocycles. The number of nitrogens with one attached hydrogen (secondary N) is 1. The molecule has 0 spiro atoms. The van der Waals surface area contributed by atoms with Crippen molar-refractivity contribution in [3.63, 3.8) is 0 Å². The highest BCUT2D eigenvalue weighted by atomic mass is 16.5. The number of methoxy groups -OCH3 is 1. The molecule has 0 unspecified atom stereocenters. The first kappa shape index (κ1) is 15.9. The molecule has 0 fully saturated rings. The number of hydrogen-bond acceptors (Lipinski definition) is 3. The third-order valence-electron chi connectivity index (χ3n) is 3.35. The maximum Gasteiger partial charge on any atom is 0.258 e. The first-order chi connectivity index (χ1) is 10.7. The fourth-order valence-electron chi connectivity index (χ4n) is 2.10. The number of benzene rings is 2. The maximum atomic E-state index is 11.9. The first-order valence-electron chi connectivity index (χ1n) is 7.33. The van der Waals surface area contributed by atoms with Gasteiger partial charge in [-0.3, -0.25) is 4.79 Å². The van der Waals surface area contributed by atoms with Gasteiger partial charge in [0.05, 0.1) is 7.11 Å². The van der Waals surface area contributed by atoms with E-state index >= 15 is 0 Å². The van der Waals surface area contributed by atoms with Gasteiger partial charge in [-0.2, -0.15) is 0 Å². The van der Waals surface area contributed by atoms with Crippen molar-refractivity contribution in [1.82, 2.24) is 5.32 Å². The van der Waals surface area contributed by atoms with Crippen LogP contribution in [-0.4, -0.2) is 19.6 Å². The van der Waals surface area contributed by atoms with Gasteiger partial charge in [0.25, 0.3) is 5.91 Å². The summed E-state index contributed by atoms with van der Waals surface area (Å²) in [5, 5.41) is 2.83. The van der Waals surface area contributed by atoms with E-state index in [9.17, 15) is 4.79 Å².